The summed E-state index contributed by atoms with van der Waals surface area (Å²) in [5.74, 6) is -2.67. The average Bonchev–Trinajstić information content (AvgIpc) is 2.57. The first-order chi connectivity index (χ1) is 11.1. The predicted octanol–water partition coefficient (Wildman–Crippen LogP) is 4.39. The van der Waals surface area contributed by atoms with Crippen LogP contribution in [0.5, 0.6) is 0 Å². The van der Waals surface area contributed by atoms with Crippen LogP contribution in [0.3, 0.4) is 0 Å². The standard InChI is InChI=1S/C19H15F2NO/c1-22(19(23)16-10-5-11-17(20)18(16)21)12-14-8-4-7-13-6-2-3-9-15(13)14/h2-11H,12H2,1H3. The highest BCUT2D eigenvalue weighted by Gasteiger charge is 2.19. The molecule has 0 N–H and O–H groups in total. The Hall–Kier alpha value is -2.75. The number of nitrogens with zero attached hydrogens (tertiary/aromatic N) is 1. The second-order valence-electron chi connectivity index (χ2n) is 5.40. The van der Waals surface area contributed by atoms with Gasteiger partial charge in [0.15, 0.2) is 11.6 Å². The Morgan fingerprint density at radius 2 is 1.65 bits per heavy atom. The van der Waals surface area contributed by atoms with Crippen molar-refractivity contribution < 1.29 is 13.6 Å². The second kappa shape index (κ2) is 6.16. The van der Waals surface area contributed by atoms with Gasteiger partial charge in [0.2, 0.25) is 0 Å². The smallest absolute Gasteiger partial charge is 0.256 e. The number of rotatable bonds is 3. The number of carbonyl (C=O) groups is 1. The van der Waals surface area contributed by atoms with E-state index >= 15 is 0 Å². The normalized spacial score (nSPS) is 10.7. The number of hydrogen-bond acceptors (Lipinski definition) is 1. The number of halogens is 2. The van der Waals surface area contributed by atoms with E-state index in [9.17, 15) is 13.6 Å². The molecule has 23 heavy (non-hydrogen) atoms. The van der Waals surface area contributed by atoms with Crippen LogP contribution in [0.2, 0.25) is 0 Å². The molecule has 0 unspecified atom stereocenters. The summed E-state index contributed by atoms with van der Waals surface area (Å²) in [7, 11) is 1.58. The van der Waals surface area contributed by atoms with Gasteiger partial charge in [0.1, 0.15) is 0 Å². The third-order valence-electron chi connectivity index (χ3n) is 3.82. The molecular weight excluding hydrogens is 296 g/mol. The van der Waals surface area contributed by atoms with Crippen LogP contribution < -0.4 is 0 Å². The molecule has 3 aromatic carbocycles. The maximum absolute atomic E-state index is 13.8. The van der Waals surface area contributed by atoms with Crippen molar-refractivity contribution in [1.82, 2.24) is 4.90 Å². The summed E-state index contributed by atoms with van der Waals surface area (Å²) in [5, 5.41) is 2.11. The van der Waals surface area contributed by atoms with Crippen molar-refractivity contribution in [3.05, 3.63) is 83.4 Å². The molecular formula is C19H15F2NO. The summed E-state index contributed by atoms with van der Waals surface area (Å²) >= 11 is 0. The zero-order valence-corrected chi connectivity index (χ0v) is 12.6. The van der Waals surface area contributed by atoms with Crippen molar-refractivity contribution in [1.29, 1.82) is 0 Å². The van der Waals surface area contributed by atoms with E-state index in [-0.39, 0.29) is 5.56 Å². The molecule has 0 radical (unpaired) electrons. The fourth-order valence-corrected chi connectivity index (χ4v) is 2.63. The average molecular weight is 311 g/mol. The molecule has 3 rings (SSSR count). The molecule has 0 aliphatic carbocycles. The van der Waals surface area contributed by atoms with Crippen LogP contribution >= 0.6 is 0 Å². The van der Waals surface area contributed by atoms with Crippen LogP contribution in [-0.2, 0) is 6.54 Å². The van der Waals surface area contributed by atoms with Crippen molar-refractivity contribution in [3.63, 3.8) is 0 Å². The van der Waals surface area contributed by atoms with Crippen molar-refractivity contribution in [3.8, 4) is 0 Å². The number of amides is 1. The molecule has 2 nitrogen and oxygen atoms in total. The third-order valence-corrected chi connectivity index (χ3v) is 3.82. The fourth-order valence-electron chi connectivity index (χ4n) is 2.63. The highest BCUT2D eigenvalue weighted by atomic mass is 19.2. The SMILES string of the molecule is CN(Cc1cccc2ccccc12)C(=O)c1cccc(F)c1F. The van der Waals surface area contributed by atoms with Crippen LogP contribution in [-0.4, -0.2) is 17.9 Å². The quantitative estimate of drug-likeness (QED) is 0.702. The van der Waals surface area contributed by atoms with Gasteiger partial charge in [-0.25, -0.2) is 8.78 Å². The first kappa shape index (κ1) is 15.2. The predicted molar refractivity (Wildman–Crippen MR) is 86.1 cm³/mol. The van der Waals surface area contributed by atoms with E-state index in [2.05, 4.69) is 0 Å². The van der Waals surface area contributed by atoms with Gasteiger partial charge in [-0.15, -0.1) is 0 Å². The summed E-state index contributed by atoms with van der Waals surface area (Å²) < 4.78 is 27.1. The second-order valence-corrected chi connectivity index (χ2v) is 5.40. The monoisotopic (exact) mass is 311 g/mol. The Labute approximate surface area is 133 Å². The van der Waals surface area contributed by atoms with Gasteiger partial charge < -0.3 is 4.90 Å². The van der Waals surface area contributed by atoms with Crippen LogP contribution in [0.15, 0.2) is 60.7 Å². The largest absolute Gasteiger partial charge is 0.337 e. The highest BCUT2D eigenvalue weighted by Crippen LogP contribution is 2.21. The van der Waals surface area contributed by atoms with Crippen LogP contribution in [0.1, 0.15) is 15.9 Å². The fraction of sp³-hybridized carbons (Fsp3) is 0.105. The molecule has 0 spiro atoms. The van der Waals surface area contributed by atoms with E-state index in [0.29, 0.717) is 6.54 Å². The van der Waals surface area contributed by atoms with Gasteiger partial charge in [-0.1, -0.05) is 48.5 Å². The lowest BCUT2D eigenvalue weighted by Crippen LogP contribution is -2.27. The Morgan fingerprint density at radius 3 is 2.48 bits per heavy atom. The topological polar surface area (TPSA) is 20.3 Å². The van der Waals surface area contributed by atoms with Gasteiger partial charge in [0, 0.05) is 13.6 Å². The third kappa shape index (κ3) is 2.93. The number of hydrogen-bond donors (Lipinski definition) is 0. The van der Waals surface area contributed by atoms with Gasteiger partial charge in [-0.05, 0) is 28.5 Å². The Balaban J connectivity index is 1.90. The number of benzene rings is 3. The van der Waals surface area contributed by atoms with Gasteiger partial charge >= 0.3 is 0 Å². The number of fused-ring (bicyclic) bond motifs is 1. The minimum atomic E-state index is -1.11. The molecule has 0 saturated heterocycles. The molecule has 0 bridgehead atoms. The number of carbonyl (C=O) groups excluding carboxylic acids is 1. The van der Waals surface area contributed by atoms with Crippen molar-refractivity contribution in [2.45, 2.75) is 6.54 Å². The lowest BCUT2D eigenvalue weighted by Gasteiger charge is -2.19. The molecule has 0 aliphatic rings. The van der Waals surface area contributed by atoms with Crippen molar-refractivity contribution >= 4 is 16.7 Å². The zero-order chi connectivity index (χ0) is 16.4. The maximum Gasteiger partial charge on any atom is 0.256 e. The van der Waals surface area contributed by atoms with E-state index in [4.69, 9.17) is 0 Å². The summed E-state index contributed by atoms with van der Waals surface area (Å²) in [6.07, 6.45) is 0. The summed E-state index contributed by atoms with van der Waals surface area (Å²) in [6.45, 7) is 0.316. The van der Waals surface area contributed by atoms with Crippen LogP contribution in [0, 0.1) is 11.6 Å². The molecule has 4 heteroatoms. The molecule has 0 heterocycles. The lowest BCUT2D eigenvalue weighted by molar-refractivity contribution is 0.0780. The Bertz CT molecular complexity index is 871. The van der Waals surface area contributed by atoms with Crippen molar-refractivity contribution in [2.75, 3.05) is 7.05 Å². The summed E-state index contributed by atoms with van der Waals surface area (Å²) in [6, 6.07) is 17.3. The lowest BCUT2D eigenvalue weighted by atomic mass is 10.0. The Kier molecular flexibility index (Phi) is 4.06. The molecule has 0 atom stereocenters. The van der Waals surface area contributed by atoms with Gasteiger partial charge in [0.05, 0.1) is 5.56 Å². The minimum absolute atomic E-state index is 0.257. The molecule has 0 fully saturated rings. The van der Waals surface area contributed by atoms with E-state index in [1.807, 2.05) is 42.5 Å². The maximum atomic E-state index is 13.8. The van der Waals surface area contributed by atoms with Crippen LogP contribution in [0.25, 0.3) is 10.8 Å². The van der Waals surface area contributed by atoms with E-state index in [1.165, 1.54) is 17.0 Å². The molecule has 0 saturated carbocycles. The van der Waals surface area contributed by atoms with Gasteiger partial charge in [0.25, 0.3) is 5.91 Å². The molecule has 3 aromatic rings. The van der Waals surface area contributed by atoms with Gasteiger partial charge in [-0.3, -0.25) is 4.79 Å². The van der Waals surface area contributed by atoms with E-state index in [1.54, 1.807) is 7.05 Å². The minimum Gasteiger partial charge on any atom is -0.337 e. The molecule has 1 amide bonds. The molecule has 0 aliphatic heterocycles. The summed E-state index contributed by atoms with van der Waals surface area (Å²) in [4.78, 5) is 13.8. The molecule has 0 aromatic heterocycles. The highest BCUT2D eigenvalue weighted by molar-refractivity contribution is 5.94. The van der Waals surface area contributed by atoms with Crippen molar-refractivity contribution in [2.24, 2.45) is 0 Å². The Morgan fingerprint density at radius 1 is 0.957 bits per heavy atom. The first-order valence-electron chi connectivity index (χ1n) is 7.24. The zero-order valence-electron chi connectivity index (χ0n) is 12.6. The van der Waals surface area contributed by atoms with Crippen LogP contribution in [0.4, 0.5) is 8.78 Å². The van der Waals surface area contributed by atoms with Gasteiger partial charge in [-0.2, -0.15) is 0 Å². The summed E-state index contributed by atoms with van der Waals surface area (Å²) in [5.41, 5.74) is 0.698. The van der Waals surface area contributed by atoms with E-state index < -0.39 is 17.5 Å². The first-order valence-corrected chi connectivity index (χ1v) is 7.24. The molecule has 116 valence electrons. The van der Waals surface area contributed by atoms with E-state index in [0.717, 1.165) is 22.4 Å².